The maximum atomic E-state index is 12.6. The monoisotopic (exact) mass is 496 g/mol. The van der Waals surface area contributed by atoms with Crippen molar-refractivity contribution < 1.29 is 13.2 Å². The lowest BCUT2D eigenvalue weighted by molar-refractivity contribution is 0.102. The third-order valence-corrected chi connectivity index (χ3v) is 7.62. The molecule has 0 aliphatic rings. The molecular weight excluding hydrogens is 476 g/mol. The molecule has 7 nitrogen and oxygen atoms in total. The molecule has 1 amide bonds. The van der Waals surface area contributed by atoms with Crippen LogP contribution >= 0.6 is 35.2 Å². The van der Waals surface area contributed by atoms with Crippen molar-refractivity contribution in [1.82, 2.24) is 10.0 Å². The van der Waals surface area contributed by atoms with Crippen molar-refractivity contribution in [3.8, 4) is 0 Å². The fourth-order valence-electron chi connectivity index (χ4n) is 3.24. The quantitative estimate of drug-likeness (QED) is 0.373. The van der Waals surface area contributed by atoms with Crippen molar-refractivity contribution in [2.75, 3.05) is 18.1 Å². The van der Waals surface area contributed by atoms with Gasteiger partial charge < -0.3 is 16.4 Å². The van der Waals surface area contributed by atoms with Crippen molar-refractivity contribution >= 4 is 72.0 Å². The van der Waals surface area contributed by atoms with Gasteiger partial charge in [0.05, 0.1) is 11.3 Å². The lowest BCUT2D eigenvalue weighted by Crippen LogP contribution is -2.51. The van der Waals surface area contributed by atoms with E-state index in [0.717, 1.165) is 10.1 Å². The number of anilines is 1. The first kappa shape index (κ1) is 23.4. The molecule has 0 saturated carbocycles. The summed E-state index contributed by atoms with van der Waals surface area (Å²) >= 11 is 12.3. The first-order valence-corrected chi connectivity index (χ1v) is 12.4. The minimum absolute atomic E-state index is 0.0136. The number of carbonyl (C=O) groups excluding carboxylic acids is 1. The van der Waals surface area contributed by atoms with Crippen LogP contribution in [0.3, 0.4) is 0 Å². The fourth-order valence-corrected chi connectivity index (χ4v) is 5.80. The lowest BCUT2D eigenvalue weighted by atomic mass is 9.93. The highest BCUT2D eigenvalue weighted by molar-refractivity contribution is 7.89. The highest BCUT2D eigenvalue weighted by atomic mass is 35.5. The van der Waals surface area contributed by atoms with Gasteiger partial charge in [-0.3, -0.25) is 4.79 Å². The molecule has 3 rings (SSSR count). The van der Waals surface area contributed by atoms with Gasteiger partial charge in [0.25, 0.3) is 5.91 Å². The molecule has 0 bridgehead atoms. The van der Waals surface area contributed by atoms with Gasteiger partial charge in [-0.2, -0.15) is 0 Å². The molecular formula is C20H21ClN4O3S3. The molecule has 0 saturated heterocycles. The first-order valence-electron chi connectivity index (χ1n) is 9.10. The maximum absolute atomic E-state index is 12.6. The Balaban J connectivity index is 2.00. The Kier molecular flexibility index (Phi) is 6.87. The van der Waals surface area contributed by atoms with Crippen molar-refractivity contribution in [3.63, 3.8) is 0 Å². The Morgan fingerprint density at radius 2 is 1.90 bits per heavy atom. The highest BCUT2D eigenvalue weighted by Crippen LogP contribution is 2.36. The zero-order valence-electron chi connectivity index (χ0n) is 16.7. The summed E-state index contributed by atoms with van der Waals surface area (Å²) < 4.78 is 27.9. The smallest absolute Gasteiger partial charge is 0.255 e. The Hall–Kier alpha value is -2.24. The molecule has 0 spiro atoms. The first-order chi connectivity index (χ1) is 14.5. The second-order valence-electron chi connectivity index (χ2n) is 7.11. The van der Waals surface area contributed by atoms with Gasteiger partial charge in [-0.25, -0.2) is 13.1 Å². The van der Waals surface area contributed by atoms with E-state index in [1.54, 1.807) is 43.3 Å². The van der Waals surface area contributed by atoms with Gasteiger partial charge in [-0.05, 0) is 79.6 Å². The van der Waals surface area contributed by atoms with E-state index in [9.17, 15) is 13.2 Å². The molecule has 3 aromatic rings. The molecule has 2 aromatic carbocycles. The van der Waals surface area contributed by atoms with Gasteiger partial charge in [0.2, 0.25) is 10.0 Å². The van der Waals surface area contributed by atoms with Crippen LogP contribution in [-0.2, 0) is 15.6 Å². The minimum atomic E-state index is -3.59. The van der Waals surface area contributed by atoms with E-state index in [4.69, 9.17) is 29.6 Å². The number of amides is 1. The van der Waals surface area contributed by atoms with Gasteiger partial charge in [0.15, 0.2) is 5.11 Å². The molecule has 1 aromatic heterocycles. The molecule has 1 unspecified atom stereocenters. The Labute approximate surface area is 195 Å². The molecule has 164 valence electrons. The van der Waals surface area contributed by atoms with Gasteiger partial charge in [0, 0.05) is 26.4 Å². The Morgan fingerprint density at radius 3 is 2.52 bits per heavy atom. The number of carbonyl (C=O) groups is 1. The average molecular weight is 497 g/mol. The standard InChI is InChI=1S/C20H21ClN4O3S3/c1-20(25-19(22)29,11-31(27,28)23-2)16-10-30-17-8-7-14(9-15(16)17)24-18(26)12-3-5-13(21)6-4-12/h3-10,23H,11H2,1-2H3,(H,24,26)(H3,22,25,29). The van der Waals surface area contributed by atoms with E-state index in [1.807, 2.05) is 11.4 Å². The number of sulfonamides is 1. The number of halogens is 1. The average Bonchev–Trinajstić information content (AvgIpc) is 3.11. The van der Waals surface area contributed by atoms with Crippen LogP contribution in [0.15, 0.2) is 47.8 Å². The number of hydrogen-bond donors (Lipinski definition) is 4. The molecule has 0 radical (unpaired) electrons. The minimum Gasteiger partial charge on any atom is -0.376 e. The maximum Gasteiger partial charge on any atom is 0.255 e. The molecule has 1 atom stereocenters. The van der Waals surface area contributed by atoms with E-state index in [2.05, 4.69) is 15.4 Å². The number of fused-ring (bicyclic) bond motifs is 1. The molecule has 1 heterocycles. The number of thiocarbonyl (C=S) groups is 1. The van der Waals surface area contributed by atoms with Crippen molar-refractivity contribution in [1.29, 1.82) is 0 Å². The highest BCUT2D eigenvalue weighted by Gasteiger charge is 2.35. The van der Waals surface area contributed by atoms with Gasteiger partial charge in [-0.1, -0.05) is 11.6 Å². The molecule has 0 aliphatic carbocycles. The van der Waals surface area contributed by atoms with Crippen LogP contribution in [0.5, 0.6) is 0 Å². The number of nitrogens with two attached hydrogens (primary N) is 1. The number of rotatable bonds is 7. The summed E-state index contributed by atoms with van der Waals surface area (Å²) in [6, 6.07) is 12.0. The van der Waals surface area contributed by atoms with Crippen LogP contribution in [0.1, 0.15) is 22.8 Å². The molecule has 0 fully saturated rings. The summed E-state index contributed by atoms with van der Waals surface area (Å²) in [6.45, 7) is 1.72. The summed E-state index contributed by atoms with van der Waals surface area (Å²) in [4.78, 5) is 12.6. The zero-order valence-corrected chi connectivity index (χ0v) is 19.9. The van der Waals surface area contributed by atoms with E-state index in [-0.39, 0.29) is 16.8 Å². The van der Waals surface area contributed by atoms with Crippen molar-refractivity contribution in [2.24, 2.45) is 5.73 Å². The van der Waals surface area contributed by atoms with Gasteiger partial charge in [0.1, 0.15) is 0 Å². The summed E-state index contributed by atoms with van der Waals surface area (Å²) in [5.74, 6) is -0.560. The number of thiophene rings is 1. The van der Waals surface area contributed by atoms with E-state index < -0.39 is 15.6 Å². The molecule has 5 N–H and O–H groups in total. The summed E-state index contributed by atoms with van der Waals surface area (Å²) in [7, 11) is -2.24. The van der Waals surface area contributed by atoms with E-state index >= 15 is 0 Å². The van der Waals surface area contributed by atoms with Crippen LogP contribution in [-0.4, -0.2) is 32.2 Å². The second-order valence-corrected chi connectivity index (χ2v) is 10.8. The SMILES string of the molecule is CNS(=O)(=O)CC(C)(NC(N)=S)c1csc2ccc(NC(=O)c3ccc(Cl)cc3)cc12. The molecule has 11 heteroatoms. The van der Waals surface area contributed by atoms with Crippen molar-refractivity contribution in [3.05, 3.63) is 64.0 Å². The Bertz CT molecular complexity index is 1240. The number of benzene rings is 2. The van der Waals surface area contributed by atoms with Crippen LogP contribution in [0.4, 0.5) is 5.69 Å². The number of hydrogen-bond acceptors (Lipinski definition) is 5. The van der Waals surface area contributed by atoms with Crippen molar-refractivity contribution in [2.45, 2.75) is 12.5 Å². The number of nitrogens with one attached hydrogen (secondary N) is 3. The topological polar surface area (TPSA) is 113 Å². The lowest BCUT2D eigenvalue weighted by Gasteiger charge is -2.31. The third kappa shape index (κ3) is 5.52. The van der Waals surface area contributed by atoms with Crippen LogP contribution in [0.25, 0.3) is 10.1 Å². The normalized spacial score (nSPS) is 13.5. The second kappa shape index (κ2) is 9.09. The predicted molar refractivity (Wildman–Crippen MR) is 131 cm³/mol. The third-order valence-electron chi connectivity index (χ3n) is 4.72. The summed E-state index contributed by atoms with van der Waals surface area (Å²) in [5.41, 5.74) is 6.37. The molecule has 0 aliphatic heterocycles. The summed E-state index contributed by atoms with van der Waals surface area (Å²) in [6.07, 6.45) is 0. The van der Waals surface area contributed by atoms with Gasteiger partial charge in [-0.15, -0.1) is 11.3 Å². The zero-order chi connectivity index (χ0) is 22.8. The Morgan fingerprint density at radius 1 is 1.23 bits per heavy atom. The van der Waals surface area contributed by atoms with E-state index in [0.29, 0.717) is 21.8 Å². The fraction of sp³-hybridized carbons (Fsp3) is 0.200. The molecule has 31 heavy (non-hydrogen) atoms. The van der Waals surface area contributed by atoms with Crippen LogP contribution in [0.2, 0.25) is 5.02 Å². The summed E-state index contributed by atoms with van der Waals surface area (Å²) in [5, 5.41) is 8.97. The largest absolute Gasteiger partial charge is 0.376 e. The van der Waals surface area contributed by atoms with Gasteiger partial charge >= 0.3 is 0 Å². The van der Waals surface area contributed by atoms with Crippen LogP contribution < -0.4 is 21.1 Å². The predicted octanol–water partition coefficient (Wildman–Crippen LogP) is 3.40. The van der Waals surface area contributed by atoms with Crippen LogP contribution in [0, 0.1) is 0 Å². The van der Waals surface area contributed by atoms with E-state index in [1.165, 1.54) is 18.4 Å².